The maximum atomic E-state index is 12.8. The fraction of sp³-hybridized carbons (Fsp3) is 0.421. The molecule has 5 nitrogen and oxygen atoms in total. The van der Waals surface area contributed by atoms with E-state index in [0.29, 0.717) is 30.8 Å². The Balaban J connectivity index is 1.61. The first-order valence-corrected chi connectivity index (χ1v) is 10.2. The number of rotatable bonds is 6. The van der Waals surface area contributed by atoms with Crippen LogP contribution in [0.4, 0.5) is 0 Å². The van der Waals surface area contributed by atoms with E-state index in [2.05, 4.69) is 11.9 Å². The quantitative estimate of drug-likeness (QED) is 0.793. The van der Waals surface area contributed by atoms with E-state index < -0.39 is 10.0 Å². The van der Waals surface area contributed by atoms with Crippen LogP contribution in [0.15, 0.2) is 53.7 Å². The summed E-state index contributed by atoms with van der Waals surface area (Å²) in [7, 11) is -3.42. The maximum absolute atomic E-state index is 12.8. The molecule has 0 spiro atoms. The van der Waals surface area contributed by atoms with Crippen LogP contribution < -0.4 is 4.74 Å². The van der Waals surface area contributed by atoms with Crippen molar-refractivity contribution in [3.63, 3.8) is 0 Å². The van der Waals surface area contributed by atoms with Gasteiger partial charge in [0.05, 0.1) is 11.1 Å². The molecule has 25 heavy (non-hydrogen) atoms. The molecular formula is C19H24N2O3S. The van der Waals surface area contributed by atoms with Gasteiger partial charge in [-0.3, -0.25) is 4.98 Å². The highest BCUT2D eigenvalue weighted by Crippen LogP contribution is 2.23. The molecule has 1 fully saturated rings. The fourth-order valence-corrected chi connectivity index (χ4v) is 4.54. The number of aromatic nitrogens is 1. The zero-order chi connectivity index (χ0) is 17.7. The average Bonchev–Trinajstić information content (AvgIpc) is 2.64. The van der Waals surface area contributed by atoms with Gasteiger partial charge in [0, 0.05) is 19.3 Å². The Morgan fingerprint density at radius 2 is 1.88 bits per heavy atom. The van der Waals surface area contributed by atoms with Gasteiger partial charge in [-0.05, 0) is 49.1 Å². The zero-order valence-corrected chi connectivity index (χ0v) is 15.3. The van der Waals surface area contributed by atoms with Gasteiger partial charge in [0.15, 0.2) is 0 Å². The second-order valence-corrected chi connectivity index (χ2v) is 8.24. The highest BCUT2D eigenvalue weighted by atomic mass is 32.2. The number of piperidine rings is 1. The first-order chi connectivity index (χ1) is 12.1. The van der Waals surface area contributed by atoms with Crippen molar-refractivity contribution in [2.24, 2.45) is 0 Å². The zero-order valence-electron chi connectivity index (χ0n) is 14.5. The largest absolute Gasteiger partial charge is 0.489 e. The third-order valence-corrected chi connectivity index (χ3v) is 6.35. The van der Waals surface area contributed by atoms with Crippen molar-refractivity contribution >= 4 is 10.0 Å². The normalized spacial score (nSPS) is 16.7. The van der Waals surface area contributed by atoms with E-state index in [0.717, 1.165) is 18.6 Å². The summed E-state index contributed by atoms with van der Waals surface area (Å²) >= 11 is 0. The topological polar surface area (TPSA) is 59.5 Å². The minimum absolute atomic E-state index is 0.0302. The van der Waals surface area contributed by atoms with Crippen LogP contribution in [-0.2, 0) is 16.4 Å². The molecule has 0 radical (unpaired) electrons. The molecule has 1 aromatic heterocycles. The molecule has 1 saturated heterocycles. The van der Waals surface area contributed by atoms with Gasteiger partial charge in [0.1, 0.15) is 11.9 Å². The monoisotopic (exact) mass is 360 g/mol. The minimum atomic E-state index is -3.42. The van der Waals surface area contributed by atoms with Crippen LogP contribution >= 0.6 is 0 Å². The van der Waals surface area contributed by atoms with Gasteiger partial charge in [-0.15, -0.1) is 0 Å². The van der Waals surface area contributed by atoms with Crippen molar-refractivity contribution in [3.8, 4) is 5.75 Å². The predicted octanol–water partition coefficient (Wildman–Crippen LogP) is 3.27. The molecule has 2 aromatic rings. The molecule has 134 valence electrons. The molecule has 0 bridgehead atoms. The Hall–Kier alpha value is -1.92. The Bertz CT molecular complexity index is 768. The van der Waals surface area contributed by atoms with Gasteiger partial charge in [0.25, 0.3) is 0 Å². The Kier molecular flexibility index (Phi) is 5.71. The van der Waals surface area contributed by atoms with Gasteiger partial charge < -0.3 is 4.74 Å². The molecule has 0 aliphatic carbocycles. The summed E-state index contributed by atoms with van der Waals surface area (Å²) < 4.78 is 33.0. The molecule has 1 aliphatic heterocycles. The van der Waals surface area contributed by atoms with E-state index in [1.807, 2.05) is 24.3 Å². The van der Waals surface area contributed by atoms with E-state index in [1.165, 1.54) is 5.56 Å². The number of sulfonamides is 1. The molecule has 0 unspecified atom stereocenters. The molecule has 0 N–H and O–H groups in total. The second-order valence-electron chi connectivity index (χ2n) is 6.30. The maximum Gasteiger partial charge on any atom is 0.243 e. The molecule has 1 aliphatic rings. The lowest BCUT2D eigenvalue weighted by Gasteiger charge is -2.31. The molecule has 3 rings (SSSR count). The van der Waals surface area contributed by atoms with E-state index in [1.54, 1.807) is 28.8 Å². The van der Waals surface area contributed by atoms with Crippen LogP contribution in [0, 0.1) is 0 Å². The lowest BCUT2D eigenvalue weighted by atomic mass is 10.1. The fourth-order valence-electron chi connectivity index (χ4n) is 3.07. The molecule has 0 amide bonds. The summed E-state index contributed by atoms with van der Waals surface area (Å²) in [6.07, 6.45) is 6.80. The van der Waals surface area contributed by atoms with Gasteiger partial charge in [-0.1, -0.05) is 25.5 Å². The molecule has 2 heterocycles. The summed E-state index contributed by atoms with van der Waals surface area (Å²) in [4.78, 5) is 4.41. The Morgan fingerprint density at radius 3 is 2.48 bits per heavy atom. The van der Waals surface area contributed by atoms with Crippen LogP contribution in [0.3, 0.4) is 0 Å². The number of nitrogens with zero attached hydrogens (tertiary/aromatic N) is 2. The van der Waals surface area contributed by atoms with Crippen LogP contribution in [0.5, 0.6) is 5.75 Å². The van der Waals surface area contributed by atoms with Crippen LogP contribution in [-0.4, -0.2) is 36.9 Å². The Labute approximate surface area is 149 Å². The van der Waals surface area contributed by atoms with E-state index >= 15 is 0 Å². The third-order valence-electron chi connectivity index (χ3n) is 4.44. The first-order valence-electron chi connectivity index (χ1n) is 8.75. The molecule has 0 atom stereocenters. The van der Waals surface area contributed by atoms with Crippen LogP contribution in [0.25, 0.3) is 0 Å². The van der Waals surface area contributed by atoms with E-state index in [9.17, 15) is 8.42 Å². The lowest BCUT2D eigenvalue weighted by Crippen LogP contribution is -2.41. The summed E-state index contributed by atoms with van der Waals surface area (Å²) in [5, 5.41) is 0. The predicted molar refractivity (Wildman–Crippen MR) is 97.1 cm³/mol. The van der Waals surface area contributed by atoms with Crippen molar-refractivity contribution in [1.29, 1.82) is 0 Å². The van der Waals surface area contributed by atoms with Gasteiger partial charge in [-0.25, -0.2) is 8.42 Å². The number of aryl methyl sites for hydroxylation is 1. The standard InChI is InChI=1S/C19H24N2O3S/c1-2-4-16-6-8-19(9-7-16)25(22,23)21-13-10-17(11-14-21)24-18-5-3-12-20-15-18/h3,5-9,12,15,17H,2,4,10-11,13-14H2,1H3. The van der Waals surface area contributed by atoms with E-state index in [4.69, 9.17) is 4.74 Å². The highest BCUT2D eigenvalue weighted by molar-refractivity contribution is 7.89. The van der Waals surface area contributed by atoms with Crippen molar-refractivity contribution in [2.75, 3.05) is 13.1 Å². The second kappa shape index (κ2) is 7.97. The highest BCUT2D eigenvalue weighted by Gasteiger charge is 2.30. The number of benzene rings is 1. The van der Waals surface area contributed by atoms with Crippen molar-refractivity contribution in [2.45, 2.75) is 43.6 Å². The summed E-state index contributed by atoms with van der Waals surface area (Å²) in [6, 6.07) is 11.0. The summed E-state index contributed by atoms with van der Waals surface area (Å²) in [5.74, 6) is 0.732. The molecule has 1 aromatic carbocycles. The van der Waals surface area contributed by atoms with Crippen molar-refractivity contribution < 1.29 is 13.2 Å². The number of hydrogen-bond donors (Lipinski definition) is 0. The van der Waals surface area contributed by atoms with Gasteiger partial charge in [-0.2, -0.15) is 4.31 Å². The smallest absolute Gasteiger partial charge is 0.243 e. The number of pyridine rings is 1. The minimum Gasteiger partial charge on any atom is -0.489 e. The van der Waals surface area contributed by atoms with Crippen LogP contribution in [0.1, 0.15) is 31.7 Å². The van der Waals surface area contributed by atoms with E-state index in [-0.39, 0.29) is 6.10 Å². The SMILES string of the molecule is CCCc1ccc(S(=O)(=O)N2CCC(Oc3cccnc3)CC2)cc1. The molecule has 6 heteroatoms. The lowest BCUT2D eigenvalue weighted by molar-refractivity contribution is 0.134. The van der Waals surface area contributed by atoms with Gasteiger partial charge >= 0.3 is 0 Å². The van der Waals surface area contributed by atoms with Gasteiger partial charge in [0.2, 0.25) is 10.0 Å². The average molecular weight is 360 g/mol. The number of hydrogen-bond acceptors (Lipinski definition) is 4. The first kappa shape index (κ1) is 17.9. The van der Waals surface area contributed by atoms with Crippen LogP contribution in [0.2, 0.25) is 0 Å². The number of ether oxygens (including phenoxy) is 1. The molecule has 0 saturated carbocycles. The third kappa shape index (κ3) is 4.38. The summed E-state index contributed by atoms with van der Waals surface area (Å²) in [5.41, 5.74) is 1.17. The molecular weight excluding hydrogens is 336 g/mol. The van der Waals surface area contributed by atoms with Crippen molar-refractivity contribution in [3.05, 3.63) is 54.4 Å². The Morgan fingerprint density at radius 1 is 1.16 bits per heavy atom. The summed E-state index contributed by atoms with van der Waals surface area (Å²) in [6.45, 7) is 3.07. The van der Waals surface area contributed by atoms with Crippen molar-refractivity contribution in [1.82, 2.24) is 9.29 Å².